The molecule has 0 saturated heterocycles. The second-order valence-corrected chi connectivity index (χ2v) is 10.1. The Morgan fingerprint density at radius 1 is 1.11 bits per heavy atom. The van der Waals surface area contributed by atoms with Gasteiger partial charge in [-0.3, -0.25) is 14.3 Å². The molecule has 3 N–H and O–H groups in total. The number of carbonyl (C=O) groups is 1. The van der Waals surface area contributed by atoms with E-state index in [0.717, 1.165) is 46.7 Å². The number of hydrogen-bond acceptors (Lipinski definition) is 6. The molecule has 1 atom stereocenters. The highest BCUT2D eigenvalue weighted by atomic mass is 16.5. The molecule has 0 bridgehead atoms. The third-order valence-electron chi connectivity index (χ3n) is 6.64. The Morgan fingerprint density at radius 3 is 2.54 bits per heavy atom. The summed E-state index contributed by atoms with van der Waals surface area (Å²) in [5.41, 5.74) is 4.18. The lowest BCUT2D eigenvalue weighted by Crippen LogP contribution is -2.33. The molecule has 0 aliphatic carbocycles. The van der Waals surface area contributed by atoms with Crippen LogP contribution in [-0.2, 0) is 24.3 Å². The minimum Gasteiger partial charge on any atom is -0.494 e. The van der Waals surface area contributed by atoms with E-state index >= 15 is 0 Å². The lowest BCUT2D eigenvalue weighted by Gasteiger charge is -2.33. The standard InChI is InChI=1S/C29H36N2O6/c1-19(2)17-30(24(16-29(34)35)22-5-7-26-23(15-22)10-12-36-26)18-21-4-6-25(20(3)14-21)37-13-11-31-27(32)8-9-28(31)33/h4-9,14-15,19,24,32-33H,10-13,16-18H2,1-3H3,(H,34,35). The predicted molar refractivity (Wildman–Crippen MR) is 140 cm³/mol. The van der Waals surface area contributed by atoms with Crippen molar-refractivity contribution in [1.82, 2.24) is 9.47 Å². The lowest BCUT2D eigenvalue weighted by atomic mass is 9.97. The van der Waals surface area contributed by atoms with E-state index in [1.165, 1.54) is 16.7 Å². The number of aryl methyl sites for hydroxylation is 1. The number of fused-ring (bicyclic) bond motifs is 1. The molecule has 0 saturated carbocycles. The smallest absolute Gasteiger partial charge is 0.305 e. The van der Waals surface area contributed by atoms with E-state index in [9.17, 15) is 20.1 Å². The summed E-state index contributed by atoms with van der Waals surface area (Å²) >= 11 is 0. The Balaban J connectivity index is 1.50. The quantitative estimate of drug-likeness (QED) is 0.320. The number of aromatic hydroxyl groups is 2. The van der Waals surface area contributed by atoms with Crippen molar-refractivity contribution < 1.29 is 29.6 Å². The molecule has 1 aromatic heterocycles. The molecule has 1 unspecified atom stereocenters. The average molecular weight is 509 g/mol. The molecule has 1 aliphatic rings. The van der Waals surface area contributed by atoms with Crippen molar-refractivity contribution in [3.05, 3.63) is 70.8 Å². The van der Waals surface area contributed by atoms with Gasteiger partial charge in [-0.2, -0.15) is 0 Å². The molecular formula is C29H36N2O6. The summed E-state index contributed by atoms with van der Waals surface area (Å²) in [5, 5.41) is 29.3. The lowest BCUT2D eigenvalue weighted by molar-refractivity contribution is -0.138. The zero-order valence-electron chi connectivity index (χ0n) is 21.7. The van der Waals surface area contributed by atoms with E-state index in [2.05, 4.69) is 30.9 Å². The fourth-order valence-corrected chi connectivity index (χ4v) is 4.94. The van der Waals surface area contributed by atoms with Gasteiger partial charge in [-0.15, -0.1) is 0 Å². The monoisotopic (exact) mass is 508 g/mol. The van der Waals surface area contributed by atoms with E-state index in [1.807, 2.05) is 31.2 Å². The molecule has 0 spiro atoms. The van der Waals surface area contributed by atoms with Gasteiger partial charge >= 0.3 is 5.97 Å². The normalized spacial score (nSPS) is 13.5. The van der Waals surface area contributed by atoms with Gasteiger partial charge in [-0.05, 0) is 47.2 Å². The Morgan fingerprint density at radius 2 is 1.86 bits per heavy atom. The van der Waals surface area contributed by atoms with E-state index < -0.39 is 5.97 Å². The zero-order valence-corrected chi connectivity index (χ0v) is 21.7. The van der Waals surface area contributed by atoms with Crippen molar-refractivity contribution in [1.29, 1.82) is 0 Å². The second-order valence-electron chi connectivity index (χ2n) is 10.1. The Hall–Kier alpha value is -3.65. The molecule has 1 aliphatic heterocycles. The molecule has 2 aromatic carbocycles. The molecule has 37 heavy (non-hydrogen) atoms. The van der Waals surface area contributed by atoms with Crippen LogP contribution in [0.15, 0.2) is 48.5 Å². The molecule has 3 aromatic rings. The van der Waals surface area contributed by atoms with Crippen molar-refractivity contribution >= 4 is 5.97 Å². The number of benzene rings is 2. The highest BCUT2D eigenvalue weighted by molar-refractivity contribution is 5.68. The Bertz CT molecular complexity index is 1220. The topological polar surface area (TPSA) is 104 Å². The number of ether oxygens (including phenoxy) is 2. The van der Waals surface area contributed by atoms with E-state index in [4.69, 9.17) is 9.47 Å². The molecule has 0 amide bonds. The van der Waals surface area contributed by atoms with Crippen LogP contribution in [0.1, 0.15) is 48.6 Å². The predicted octanol–water partition coefficient (Wildman–Crippen LogP) is 4.90. The number of aromatic nitrogens is 1. The van der Waals surface area contributed by atoms with Gasteiger partial charge in [0.05, 0.1) is 19.6 Å². The van der Waals surface area contributed by atoms with Gasteiger partial charge in [-0.1, -0.05) is 38.1 Å². The molecular weight excluding hydrogens is 472 g/mol. The average Bonchev–Trinajstić information content (AvgIpc) is 3.44. The highest BCUT2D eigenvalue weighted by Gasteiger charge is 2.26. The van der Waals surface area contributed by atoms with Gasteiger partial charge in [0.25, 0.3) is 0 Å². The van der Waals surface area contributed by atoms with Crippen molar-refractivity contribution in [2.45, 2.75) is 52.7 Å². The maximum absolute atomic E-state index is 11.9. The fraction of sp³-hybridized carbons (Fsp3) is 0.414. The molecule has 8 heteroatoms. The van der Waals surface area contributed by atoms with Gasteiger partial charge < -0.3 is 24.8 Å². The van der Waals surface area contributed by atoms with E-state index in [-0.39, 0.29) is 30.8 Å². The van der Waals surface area contributed by atoms with Gasteiger partial charge in [0.2, 0.25) is 0 Å². The highest BCUT2D eigenvalue weighted by Crippen LogP contribution is 2.33. The number of carboxylic acid groups (broad SMARTS) is 1. The molecule has 2 heterocycles. The summed E-state index contributed by atoms with van der Waals surface area (Å²) in [4.78, 5) is 14.1. The Kier molecular flexibility index (Phi) is 8.28. The summed E-state index contributed by atoms with van der Waals surface area (Å²) in [6, 6.07) is 14.7. The van der Waals surface area contributed by atoms with Crippen LogP contribution in [0.3, 0.4) is 0 Å². The van der Waals surface area contributed by atoms with Crippen LogP contribution in [0, 0.1) is 12.8 Å². The van der Waals surface area contributed by atoms with Crippen LogP contribution in [0.25, 0.3) is 0 Å². The summed E-state index contributed by atoms with van der Waals surface area (Å²) < 4.78 is 12.9. The SMILES string of the molecule is Cc1cc(CN(CC(C)C)C(CC(=O)O)c2ccc3c(c2)CCO3)ccc1OCCn1c(O)ccc1O. The van der Waals surface area contributed by atoms with E-state index in [1.54, 1.807) is 0 Å². The van der Waals surface area contributed by atoms with Crippen LogP contribution >= 0.6 is 0 Å². The van der Waals surface area contributed by atoms with Gasteiger partial charge in [-0.25, -0.2) is 0 Å². The number of hydrogen-bond donors (Lipinski definition) is 3. The van der Waals surface area contributed by atoms with Crippen LogP contribution < -0.4 is 9.47 Å². The largest absolute Gasteiger partial charge is 0.494 e. The van der Waals surface area contributed by atoms with Crippen molar-refractivity contribution in [3.63, 3.8) is 0 Å². The maximum atomic E-state index is 11.9. The summed E-state index contributed by atoms with van der Waals surface area (Å²) in [6.07, 6.45) is 0.864. The third kappa shape index (κ3) is 6.57. The number of nitrogens with zero attached hydrogens (tertiary/aromatic N) is 2. The minimum atomic E-state index is -0.824. The minimum absolute atomic E-state index is 0.00905. The first-order chi connectivity index (χ1) is 17.7. The number of rotatable bonds is 12. The first-order valence-corrected chi connectivity index (χ1v) is 12.7. The van der Waals surface area contributed by atoms with Crippen molar-refractivity contribution in [2.24, 2.45) is 5.92 Å². The molecule has 8 nitrogen and oxygen atoms in total. The maximum Gasteiger partial charge on any atom is 0.305 e. The van der Waals surface area contributed by atoms with Crippen LogP contribution in [-0.4, -0.2) is 50.5 Å². The van der Waals surface area contributed by atoms with Crippen molar-refractivity contribution in [2.75, 3.05) is 19.8 Å². The second kappa shape index (κ2) is 11.6. The number of carboxylic acids is 1. The molecule has 198 valence electrons. The first-order valence-electron chi connectivity index (χ1n) is 12.7. The van der Waals surface area contributed by atoms with Gasteiger partial charge in [0, 0.05) is 37.7 Å². The Labute approximate surface area is 217 Å². The van der Waals surface area contributed by atoms with Gasteiger partial charge in [0.1, 0.15) is 18.1 Å². The van der Waals surface area contributed by atoms with E-state index in [0.29, 0.717) is 25.6 Å². The molecule has 0 radical (unpaired) electrons. The van der Waals surface area contributed by atoms with Crippen LogP contribution in [0.5, 0.6) is 23.3 Å². The summed E-state index contributed by atoms with van der Waals surface area (Å²) in [6.45, 7) is 8.90. The molecule has 4 rings (SSSR count). The van der Waals surface area contributed by atoms with Crippen LogP contribution in [0.4, 0.5) is 0 Å². The summed E-state index contributed by atoms with van der Waals surface area (Å²) in [7, 11) is 0. The zero-order chi connectivity index (χ0) is 26.5. The molecule has 0 fully saturated rings. The van der Waals surface area contributed by atoms with Crippen LogP contribution in [0.2, 0.25) is 0 Å². The third-order valence-corrected chi connectivity index (χ3v) is 6.64. The summed E-state index contributed by atoms with van der Waals surface area (Å²) in [5.74, 6) is 1.14. The van der Waals surface area contributed by atoms with Gasteiger partial charge in [0.15, 0.2) is 11.8 Å². The first kappa shape index (κ1) is 26.4. The van der Waals surface area contributed by atoms with Crippen molar-refractivity contribution in [3.8, 4) is 23.3 Å². The fourth-order valence-electron chi connectivity index (χ4n) is 4.94. The number of aliphatic carboxylic acids is 1.